The van der Waals surface area contributed by atoms with Gasteiger partial charge in [0.1, 0.15) is 244 Å². The highest BCUT2D eigenvalue weighted by molar-refractivity contribution is 4.99. The first-order chi connectivity index (χ1) is 57.4. The van der Waals surface area contributed by atoms with Crippen molar-refractivity contribution in [2.24, 2.45) is 0 Å². The summed E-state index contributed by atoms with van der Waals surface area (Å²) in [6.45, 7) is -11.3. The van der Waals surface area contributed by atoms with Crippen LogP contribution in [0.5, 0.6) is 0 Å². The molecule has 0 amide bonds. The summed E-state index contributed by atoms with van der Waals surface area (Å²) in [6.07, 6.45) is -106. The van der Waals surface area contributed by atoms with E-state index in [0.717, 1.165) is 0 Å². The quantitative estimate of drug-likeness (QED) is 0.0903. The minimum atomic E-state index is -2.30. The van der Waals surface area contributed by atoms with Gasteiger partial charge in [0.25, 0.3) is 0 Å². The van der Waals surface area contributed by atoms with Crippen molar-refractivity contribution in [2.45, 2.75) is 307 Å². The van der Waals surface area contributed by atoms with Gasteiger partial charge in [-0.2, -0.15) is 0 Å². The summed E-state index contributed by atoms with van der Waals surface area (Å²) in [5, 5.41) is 326. The number of ether oxygens (including phenoxy) is 10. The van der Waals surface area contributed by atoms with E-state index in [9.17, 15) is 153 Å². The molecule has 38 heterocycles. The molecule has 30 N–H and O–H groups in total. The molecule has 0 aromatic carbocycles. The zero-order chi connectivity index (χ0) is 87.2. The highest BCUT2D eigenvalue weighted by Gasteiger charge is 2.60. The van der Waals surface area contributed by atoms with Gasteiger partial charge in [-0.15, -0.1) is 0 Å². The van der Waals surface area contributed by atoms with Gasteiger partial charge >= 0.3 is 0 Å². The third kappa shape index (κ3) is 21.2. The Labute approximate surface area is 670 Å². The van der Waals surface area contributed by atoms with Gasteiger partial charge in [0.05, 0.1) is 66.1 Å². The summed E-state index contributed by atoms with van der Waals surface area (Å²) < 4.78 is 54.7. The molecule has 38 saturated heterocycles. The van der Waals surface area contributed by atoms with Crippen molar-refractivity contribution >= 4 is 0 Å². The molecule has 0 spiro atoms. The van der Waals surface area contributed by atoms with Gasteiger partial charge in [0, 0.05) is 0 Å². The van der Waals surface area contributed by atoms with E-state index in [2.05, 4.69) is 0 Å². The van der Waals surface area contributed by atoms with E-state index >= 15 is 0 Å². The predicted octanol–water partition coefficient (Wildman–Crippen LogP) is -22.4. The molecule has 50 atom stereocenters. The number of hydrogen-bond donors (Lipinski definition) is 30. The Kier molecular flexibility index (Phi) is 36.2. The van der Waals surface area contributed by atoms with Gasteiger partial charge in [0.15, 0.2) is 0 Å². The summed E-state index contributed by atoms with van der Waals surface area (Å²) in [5.74, 6) is 0. The molecule has 0 aliphatic carbocycles. The predicted molar refractivity (Wildman–Crippen MR) is 337 cm³/mol. The normalized spacial score (nSPS) is 52.8. The molecule has 0 saturated carbocycles. The van der Waals surface area contributed by atoms with Crippen LogP contribution in [0.1, 0.15) is 0 Å². The van der Waals surface area contributed by atoms with E-state index in [-0.39, 0.29) is 0 Å². The second kappa shape index (κ2) is 44.3. The van der Waals surface area contributed by atoms with E-state index in [1.807, 2.05) is 0 Å². The zero-order valence-corrected chi connectivity index (χ0v) is 61.6. The average Bonchev–Trinajstić information content (AvgIpc) is 0.794. The number of rotatable bonds is 10. The maximum Gasteiger partial charge on any atom is 0.220 e. The zero-order valence-electron chi connectivity index (χ0n) is 61.6. The smallest absolute Gasteiger partial charge is 0.220 e. The molecule has 700 valence electrons. The monoisotopic (exact) mass is 1780 g/mol. The second-order valence-corrected chi connectivity index (χ2v) is 28.6. The minimum absolute atomic E-state index is 1.13. The molecule has 20 bridgehead atoms. The Bertz CT molecular complexity index is 2350. The van der Waals surface area contributed by atoms with Crippen LogP contribution in [0, 0.1) is 0 Å². The number of aliphatic hydroxyl groups excluding tert-OH is 30. The lowest BCUT2D eigenvalue weighted by Crippen LogP contribution is -2.64. The first kappa shape index (κ1) is 98.2. The maximum absolute atomic E-state index is 11.2. The molecular formula is C60H100O60. The van der Waals surface area contributed by atoms with Crippen LogP contribution in [0.4, 0.5) is 0 Å². The lowest BCUT2D eigenvalue weighted by molar-refractivity contribution is -0.515. The van der Waals surface area contributed by atoms with Crippen molar-refractivity contribution in [1.82, 2.24) is 0 Å². The third-order valence-electron chi connectivity index (χ3n) is 20.8. The first-order valence-corrected chi connectivity index (χ1v) is 36.8. The van der Waals surface area contributed by atoms with Gasteiger partial charge in [-0.05, 0) is 0 Å². The van der Waals surface area contributed by atoms with Crippen LogP contribution >= 0.6 is 0 Å². The van der Waals surface area contributed by atoms with Crippen LogP contribution in [0.3, 0.4) is 0 Å². The number of aliphatic hydroxyl groups is 30. The van der Waals surface area contributed by atoms with Crippen LogP contribution < -0.4 is 0 Å². The molecule has 120 heavy (non-hydrogen) atoms. The Morgan fingerprint density at radius 1 is 0.108 bits per heavy atom. The van der Waals surface area contributed by atoms with Crippen molar-refractivity contribution in [3.8, 4) is 0 Å². The van der Waals surface area contributed by atoms with Crippen LogP contribution in [0.15, 0.2) is 0 Å². The average molecular weight is 1780 g/mol. The third-order valence-corrected chi connectivity index (χ3v) is 20.8. The van der Waals surface area contributed by atoms with Gasteiger partial charge < -0.3 is 201 Å². The largest absolute Gasteiger partial charge is 0.394 e. The first-order valence-electron chi connectivity index (χ1n) is 36.8. The molecule has 60 heteroatoms. The van der Waals surface area contributed by atoms with E-state index in [1.165, 1.54) is 0 Å². The van der Waals surface area contributed by atoms with Crippen LogP contribution in [-0.4, -0.2) is 526 Å². The van der Waals surface area contributed by atoms with Gasteiger partial charge in [-0.1, -0.05) is 0 Å². The van der Waals surface area contributed by atoms with Crippen molar-refractivity contribution in [3.05, 3.63) is 0 Å². The molecule has 0 radical (unpaired) electrons. The molecular weight excluding hydrogens is 1680 g/mol. The van der Waals surface area contributed by atoms with Crippen LogP contribution in [-0.2, 0) is 145 Å². The molecule has 20 unspecified atom stereocenters. The SMILES string of the molecule is OCC1O[C@H]2OO[C@H]3C(CO)O[C@@H](OO[C@H]4C(CO)O[C@@H](OO[C@H]5C(CO)O[C@@H](OO[C@H]6C(CO)O[C@@H](OO[C@H]7C(CO)O[C@@H](OO[C@H]8C(CO)O[C@@H](OO[C@H]9C(CO)O[C@@H](OO[C@H]%10C(CO)O[C@@H](OO[C@H]%11C(CO)O[C@@H](OO[C@@H]1[C@H](O)C2O)C(O)[C@H]%11O)C(O)[C@H]%10O)C(O)[C@H]9O)C(O)[C@H]8O)C(O)[C@H]7O)C(O)[C@H]6O)C(O)[C@H]5O)C(O)[C@H]4O)C(O)[C@H]3O. The van der Waals surface area contributed by atoms with Crippen LogP contribution in [0.25, 0.3) is 0 Å². The molecule has 38 aliphatic rings. The minimum Gasteiger partial charge on any atom is -0.394 e. The fraction of sp³-hybridized carbons (Fsp3) is 1.00. The molecule has 38 aliphatic heterocycles. The summed E-state index contributed by atoms with van der Waals surface area (Å²) in [7, 11) is 0. The Balaban J connectivity index is 0.749. The molecule has 38 rings (SSSR count). The Morgan fingerprint density at radius 3 is 0.250 bits per heavy atom. The van der Waals surface area contributed by atoms with E-state index in [4.69, 9.17) is 145 Å². The van der Waals surface area contributed by atoms with Crippen molar-refractivity contribution in [2.75, 3.05) is 66.1 Å². The van der Waals surface area contributed by atoms with Crippen molar-refractivity contribution in [1.29, 1.82) is 0 Å². The standard InChI is InChI=1S/C60H100O60/c61-1-11-41-21(71)31(81)51(91-11)111-102-42-12(2-62)93-53(33(83)23(42)73)113-104-44-14(4-64)95-55(35(85)25(44)75)115-106-46-16(6-66)97-57(37(87)27(46)77)117-108-48-18(8-68)99-59(39(89)29(48)79)119-110-50-20(10-70)100-60(40(90)30(50)80)120-109-49-19(9-69)98-58(38(88)28(49)78)118-107-47-17(7-67)96-56(36(86)26(47)76)116-105-45-15(5-65)94-54(34(84)24(45)74)114-103-43-13(3-63)92-52(112-101-41)32(82)22(43)72/h11-90H,1-10H2/t11?,12?,13?,14?,15?,16?,17?,18?,19?,20?,21-,22-,23-,24-,25-,26-,27-,28-,29-,30-,31?,32?,33?,34?,35?,36?,37?,38?,39?,40?,41+,42+,43+,44+,45+,46+,47+,48+,49+,50+,51+,52+,53+,54+,55+,56+,57+,58+,59+,60+/m1/s1. The van der Waals surface area contributed by atoms with E-state index < -0.39 is 373 Å². The lowest BCUT2D eigenvalue weighted by atomic mass is 9.99. The van der Waals surface area contributed by atoms with Crippen molar-refractivity contribution in [3.63, 3.8) is 0 Å². The lowest BCUT2D eigenvalue weighted by Gasteiger charge is -2.45. The molecule has 60 nitrogen and oxygen atoms in total. The highest BCUT2D eigenvalue weighted by atomic mass is 17.3. The van der Waals surface area contributed by atoms with Crippen molar-refractivity contribution < 1.29 is 298 Å². The van der Waals surface area contributed by atoms with Gasteiger partial charge in [-0.25, -0.2) is 97.8 Å². The maximum atomic E-state index is 11.2. The highest BCUT2D eigenvalue weighted by Crippen LogP contribution is 2.39. The Morgan fingerprint density at radius 2 is 0.183 bits per heavy atom. The summed E-state index contributed by atoms with van der Waals surface area (Å²) >= 11 is 0. The molecule has 0 aromatic heterocycles. The van der Waals surface area contributed by atoms with Gasteiger partial charge in [-0.3, -0.25) is 0 Å². The van der Waals surface area contributed by atoms with E-state index in [0.29, 0.717) is 0 Å². The van der Waals surface area contributed by atoms with E-state index in [1.54, 1.807) is 0 Å². The topological polar surface area (TPSA) is 884 Å². The summed E-state index contributed by atoms with van der Waals surface area (Å²) in [6, 6.07) is 0. The molecule has 38 fully saturated rings. The second-order valence-electron chi connectivity index (χ2n) is 28.6. The summed E-state index contributed by atoms with van der Waals surface area (Å²) in [4.78, 5) is 103. The fourth-order valence-electron chi connectivity index (χ4n) is 13.7. The Hall–Kier alpha value is -2.40. The summed E-state index contributed by atoms with van der Waals surface area (Å²) in [5.41, 5.74) is 0. The molecule has 0 aromatic rings. The fourth-order valence-corrected chi connectivity index (χ4v) is 13.7. The number of hydrogen-bond acceptors (Lipinski definition) is 60. The van der Waals surface area contributed by atoms with Gasteiger partial charge in [0.2, 0.25) is 62.9 Å². The van der Waals surface area contributed by atoms with Crippen LogP contribution in [0.2, 0.25) is 0 Å².